The molecule has 0 radical (unpaired) electrons. The number of ether oxygens (including phenoxy) is 1. The number of hydrogen-bond donors (Lipinski definition) is 1. The summed E-state index contributed by atoms with van der Waals surface area (Å²) in [6.07, 6.45) is 0.214. The van der Waals surface area contributed by atoms with Crippen LogP contribution in [0.25, 0.3) is 10.1 Å². The van der Waals surface area contributed by atoms with E-state index in [-0.39, 0.29) is 6.10 Å². The number of nitrogens with one attached hydrogen (secondary N) is 1. The molecule has 0 unspecified atom stereocenters. The third kappa shape index (κ3) is 3.56. The van der Waals surface area contributed by atoms with Crippen molar-refractivity contribution in [3.63, 3.8) is 0 Å². The Bertz CT molecular complexity index is 715. The molecule has 108 valence electrons. The predicted octanol–water partition coefficient (Wildman–Crippen LogP) is 5.30. The third-order valence-corrected chi connectivity index (χ3v) is 4.14. The minimum Gasteiger partial charge on any atom is -0.491 e. The fourth-order valence-electron chi connectivity index (χ4n) is 2.24. The molecule has 0 amide bonds. The van der Waals surface area contributed by atoms with Crippen molar-refractivity contribution in [1.29, 1.82) is 0 Å². The van der Waals surface area contributed by atoms with Gasteiger partial charge in [0.2, 0.25) is 0 Å². The molecular weight excluding hydrogens is 278 g/mol. The van der Waals surface area contributed by atoms with Gasteiger partial charge in [0.1, 0.15) is 5.75 Å². The summed E-state index contributed by atoms with van der Waals surface area (Å²) in [7, 11) is 0. The Morgan fingerprint density at radius 1 is 1.05 bits per heavy atom. The summed E-state index contributed by atoms with van der Waals surface area (Å²) in [4.78, 5) is 0. The summed E-state index contributed by atoms with van der Waals surface area (Å²) < 4.78 is 6.98. The van der Waals surface area contributed by atoms with Crippen molar-refractivity contribution in [1.82, 2.24) is 0 Å². The summed E-state index contributed by atoms with van der Waals surface area (Å²) >= 11 is 1.78. The molecule has 0 saturated heterocycles. The molecule has 2 nitrogen and oxygen atoms in total. The SMILES string of the molecule is CC(C)Oc1ccc(CNc2ccc3sccc3c2)cc1. The minimum absolute atomic E-state index is 0.214. The Hall–Kier alpha value is -2.00. The average molecular weight is 297 g/mol. The molecule has 0 spiro atoms. The Labute approximate surface area is 129 Å². The fraction of sp³-hybridized carbons (Fsp3) is 0.222. The number of hydrogen-bond acceptors (Lipinski definition) is 3. The molecule has 1 aromatic heterocycles. The van der Waals surface area contributed by atoms with Crippen LogP contribution in [0.15, 0.2) is 53.9 Å². The molecule has 0 aliphatic heterocycles. The molecule has 0 saturated carbocycles. The second kappa shape index (κ2) is 6.19. The van der Waals surface area contributed by atoms with E-state index in [0.29, 0.717) is 0 Å². The lowest BCUT2D eigenvalue weighted by Crippen LogP contribution is -2.05. The van der Waals surface area contributed by atoms with Crippen LogP contribution in [0.4, 0.5) is 5.69 Å². The van der Waals surface area contributed by atoms with Crippen molar-refractivity contribution in [2.24, 2.45) is 0 Å². The van der Waals surface area contributed by atoms with Gasteiger partial charge in [0, 0.05) is 16.9 Å². The summed E-state index contributed by atoms with van der Waals surface area (Å²) in [6, 6.07) is 16.9. The van der Waals surface area contributed by atoms with E-state index in [1.54, 1.807) is 11.3 Å². The average Bonchev–Trinajstić information content (AvgIpc) is 2.93. The second-order valence-electron chi connectivity index (χ2n) is 5.34. The van der Waals surface area contributed by atoms with E-state index in [4.69, 9.17) is 4.74 Å². The lowest BCUT2D eigenvalue weighted by Gasteiger charge is -2.11. The highest BCUT2D eigenvalue weighted by atomic mass is 32.1. The van der Waals surface area contributed by atoms with Gasteiger partial charge in [0.05, 0.1) is 6.10 Å². The van der Waals surface area contributed by atoms with Crippen LogP contribution in [0.1, 0.15) is 19.4 Å². The van der Waals surface area contributed by atoms with Crippen molar-refractivity contribution in [3.05, 3.63) is 59.5 Å². The maximum atomic E-state index is 5.65. The van der Waals surface area contributed by atoms with Crippen molar-refractivity contribution in [2.75, 3.05) is 5.32 Å². The van der Waals surface area contributed by atoms with Crippen molar-refractivity contribution >= 4 is 27.1 Å². The monoisotopic (exact) mass is 297 g/mol. The van der Waals surface area contributed by atoms with E-state index in [9.17, 15) is 0 Å². The highest BCUT2D eigenvalue weighted by Gasteiger charge is 2.00. The summed E-state index contributed by atoms with van der Waals surface area (Å²) in [5, 5.41) is 6.89. The maximum Gasteiger partial charge on any atom is 0.119 e. The minimum atomic E-state index is 0.214. The normalized spacial score (nSPS) is 11.0. The highest BCUT2D eigenvalue weighted by Crippen LogP contribution is 2.24. The number of anilines is 1. The van der Waals surface area contributed by atoms with Gasteiger partial charge in [-0.15, -0.1) is 11.3 Å². The number of thiophene rings is 1. The van der Waals surface area contributed by atoms with Gasteiger partial charge in [-0.25, -0.2) is 0 Å². The van der Waals surface area contributed by atoms with Crippen LogP contribution in [0.3, 0.4) is 0 Å². The maximum absolute atomic E-state index is 5.65. The third-order valence-electron chi connectivity index (χ3n) is 3.24. The number of rotatable bonds is 5. The van der Waals surface area contributed by atoms with E-state index in [1.165, 1.54) is 15.6 Å². The Morgan fingerprint density at radius 2 is 1.86 bits per heavy atom. The van der Waals surface area contributed by atoms with Crippen LogP contribution in [0.5, 0.6) is 5.75 Å². The molecule has 21 heavy (non-hydrogen) atoms. The van der Waals surface area contributed by atoms with Gasteiger partial charge in [-0.05, 0) is 66.6 Å². The smallest absolute Gasteiger partial charge is 0.119 e. The standard InChI is InChI=1S/C18H19NOS/c1-13(2)20-17-6-3-14(4-7-17)12-19-16-5-8-18-15(11-16)9-10-21-18/h3-11,13,19H,12H2,1-2H3. The molecule has 1 heterocycles. The van der Waals surface area contributed by atoms with Crippen LogP contribution in [0, 0.1) is 0 Å². The molecule has 3 aromatic rings. The number of fused-ring (bicyclic) bond motifs is 1. The van der Waals surface area contributed by atoms with Crippen LogP contribution in [-0.2, 0) is 6.54 Å². The molecule has 3 heteroatoms. The van der Waals surface area contributed by atoms with Crippen LogP contribution in [-0.4, -0.2) is 6.10 Å². The Balaban J connectivity index is 1.63. The van der Waals surface area contributed by atoms with Gasteiger partial charge in [-0.2, -0.15) is 0 Å². The van der Waals surface area contributed by atoms with Crippen molar-refractivity contribution < 1.29 is 4.74 Å². The van der Waals surface area contributed by atoms with E-state index in [0.717, 1.165) is 18.0 Å². The van der Waals surface area contributed by atoms with Gasteiger partial charge >= 0.3 is 0 Å². The molecule has 2 aromatic carbocycles. The molecule has 0 fully saturated rings. The molecule has 0 atom stereocenters. The first-order valence-corrected chi connectivity index (χ1v) is 8.05. The molecular formula is C18H19NOS. The number of benzene rings is 2. The topological polar surface area (TPSA) is 21.3 Å². The molecule has 0 aliphatic rings. The molecule has 3 rings (SSSR count). The first kappa shape index (κ1) is 14.0. The highest BCUT2D eigenvalue weighted by molar-refractivity contribution is 7.17. The van der Waals surface area contributed by atoms with E-state index < -0.39 is 0 Å². The van der Waals surface area contributed by atoms with Gasteiger partial charge < -0.3 is 10.1 Å². The van der Waals surface area contributed by atoms with Gasteiger partial charge in [0.15, 0.2) is 0 Å². The summed E-state index contributed by atoms with van der Waals surface area (Å²) in [5.74, 6) is 0.924. The van der Waals surface area contributed by atoms with E-state index in [2.05, 4.69) is 47.1 Å². The van der Waals surface area contributed by atoms with E-state index >= 15 is 0 Å². The molecule has 0 bridgehead atoms. The quantitative estimate of drug-likeness (QED) is 0.690. The first-order chi connectivity index (χ1) is 10.2. The van der Waals surface area contributed by atoms with Gasteiger partial charge in [-0.1, -0.05) is 12.1 Å². The van der Waals surface area contributed by atoms with Crippen molar-refractivity contribution in [2.45, 2.75) is 26.5 Å². The zero-order valence-corrected chi connectivity index (χ0v) is 13.1. The van der Waals surface area contributed by atoms with Crippen molar-refractivity contribution in [3.8, 4) is 5.75 Å². The van der Waals surface area contributed by atoms with Crippen LogP contribution >= 0.6 is 11.3 Å². The van der Waals surface area contributed by atoms with Gasteiger partial charge in [0.25, 0.3) is 0 Å². The second-order valence-corrected chi connectivity index (χ2v) is 6.29. The van der Waals surface area contributed by atoms with Gasteiger partial charge in [-0.3, -0.25) is 0 Å². The Kier molecular flexibility index (Phi) is 4.11. The molecule has 0 aliphatic carbocycles. The zero-order valence-electron chi connectivity index (χ0n) is 12.3. The first-order valence-electron chi connectivity index (χ1n) is 7.17. The van der Waals surface area contributed by atoms with E-state index in [1.807, 2.05) is 26.0 Å². The summed E-state index contributed by atoms with van der Waals surface area (Å²) in [5.41, 5.74) is 2.40. The fourth-order valence-corrected chi connectivity index (χ4v) is 3.01. The lowest BCUT2D eigenvalue weighted by atomic mass is 10.2. The van der Waals surface area contributed by atoms with Crippen LogP contribution < -0.4 is 10.1 Å². The Morgan fingerprint density at radius 3 is 2.62 bits per heavy atom. The molecule has 1 N–H and O–H groups in total. The largest absolute Gasteiger partial charge is 0.491 e. The lowest BCUT2D eigenvalue weighted by molar-refractivity contribution is 0.242. The summed E-state index contributed by atoms with van der Waals surface area (Å²) in [6.45, 7) is 4.89. The van der Waals surface area contributed by atoms with Crippen LogP contribution in [0.2, 0.25) is 0 Å². The predicted molar refractivity (Wildman–Crippen MR) is 91.4 cm³/mol. The zero-order chi connectivity index (χ0) is 14.7.